The third kappa shape index (κ3) is 3.75. The third-order valence-electron chi connectivity index (χ3n) is 2.26. The Kier molecular flexibility index (Phi) is 4.97. The van der Waals surface area contributed by atoms with E-state index in [2.05, 4.69) is 0 Å². The van der Waals surface area contributed by atoms with Crippen LogP contribution in [0.4, 0.5) is 0 Å². The van der Waals surface area contributed by atoms with Crippen molar-refractivity contribution in [2.24, 2.45) is 0 Å². The second-order valence-electron chi connectivity index (χ2n) is 3.87. The molecule has 1 heterocycles. The first-order chi connectivity index (χ1) is 8.06. The van der Waals surface area contributed by atoms with E-state index in [1.165, 1.54) is 9.32 Å². The minimum absolute atomic E-state index is 0.0847. The number of benzene rings is 1. The first kappa shape index (κ1) is 13.5. The Bertz CT molecular complexity index is 407. The average molecular weight is 255 g/mol. The fourth-order valence-corrected chi connectivity index (χ4v) is 1.57. The first-order valence-corrected chi connectivity index (χ1v) is 5.57. The van der Waals surface area contributed by atoms with Gasteiger partial charge in [0, 0.05) is 38.0 Å². The molecule has 1 aliphatic rings. The molecular formula is C12H15ClN2O2. The predicted octanol–water partition coefficient (Wildman–Crippen LogP) is 1.54. The molecule has 0 spiro atoms. The molecule has 0 radical (unpaired) electrons. The van der Waals surface area contributed by atoms with Crippen LogP contribution in [0.3, 0.4) is 0 Å². The van der Waals surface area contributed by atoms with Gasteiger partial charge in [-0.15, -0.1) is 0 Å². The van der Waals surface area contributed by atoms with Crippen LogP contribution in [-0.4, -0.2) is 42.3 Å². The van der Waals surface area contributed by atoms with Crippen molar-refractivity contribution in [1.82, 2.24) is 9.32 Å². The SMILES string of the molecule is CN(C)C=O.O=C1c2ccccc2CCN1Cl. The van der Waals surface area contributed by atoms with E-state index in [1.54, 1.807) is 14.1 Å². The van der Waals surface area contributed by atoms with Crippen molar-refractivity contribution >= 4 is 24.1 Å². The molecule has 0 saturated carbocycles. The number of carbonyl (C=O) groups is 2. The zero-order chi connectivity index (χ0) is 12.8. The van der Waals surface area contributed by atoms with Crippen LogP contribution in [0, 0.1) is 0 Å². The van der Waals surface area contributed by atoms with E-state index in [-0.39, 0.29) is 5.91 Å². The lowest BCUT2D eigenvalue weighted by atomic mass is 10.0. The molecule has 0 aromatic heterocycles. The van der Waals surface area contributed by atoms with E-state index in [9.17, 15) is 9.59 Å². The fourth-order valence-electron chi connectivity index (χ4n) is 1.40. The van der Waals surface area contributed by atoms with Crippen molar-refractivity contribution in [3.63, 3.8) is 0 Å². The summed E-state index contributed by atoms with van der Waals surface area (Å²) in [5.41, 5.74) is 1.83. The zero-order valence-electron chi connectivity index (χ0n) is 9.89. The van der Waals surface area contributed by atoms with Crippen LogP contribution >= 0.6 is 11.8 Å². The molecule has 0 aliphatic carbocycles. The van der Waals surface area contributed by atoms with E-state index in [1.807, 2.05) is 24.3 Å². The Morgan fingerprint density at radius 1 is 1.35 bits per heavy atom. The molecule has 2 rings (SSSR count). The van der Waals surface area contributed by atoms with E-state index in [4.69, 9.17) is 11.8 Å². The predicted molar refractivity (Wildman–Crippen MR) is 66.8 cm³/mol. The molecule has 0 unspecified atom stereocenters. The maximum atomic E-state index is 11.4. The van der Waals surface area contributed by atoms with Gasteiger partial charge in [-0.25, -0.2) is 0 Å². The van der Waals surface area contributed by atoms with Crippen molar-refractivity contribution in [1.29, 1.82) is 0 Å². The highest BCUT2D eigenvalue weighted by atomic mass is 35.5. The highest BCUT2D eigenvalue weighted by Crippen LogP contribution is 2.19. The highest BCUT2D eigenvalue weighted by molar-refractivity contribution is 6.24. The molecule has 1 aromatic carbocycles. The minimum atomic E-state index is -0.0847. The normalized spacial score (nSPS) is 13.4. The Hall–Kier alpha value is -1.55. The summed E-state index contributed by atoms with van der Waals surface area (Å²) in [6.07, 6.45) is 1.60. The van der Waals surface area contributed by atoms with Crippen LogP contribution in [-0.2, 0) is 11.2 Å². The largest absolute Gasteiger partial charge is 0.351 e. The van der Waals surface area contributed by atoms with Gasteiger partial charge in [-0.2, -0.15) is 0 Å². The van der Waals surface area contributed by atoms with Crippen LogP contribution in [0.5, 0.6) is 0 Å². The van der Waals surface area contributed by atoms with Crippen molar-refractivity contribution < 1.29 is 9.59 Å². The van der Waals surface area contributed by atoms with Gasteiger partial charge < -0.3 is 4.90 Å². The molecule has 2 amide bonds. The first-order valence-electron chi connectivity index (χ1n) is 5.23. The topological polar surface area (TPSA) is 40.6 Å². The van der Waals surface area contributed by atoms with Gasteiger partial charge in [0.1, 0.15) is 0 Å². The smallest absolute Gasteiger partial charge is 0.268 e. The summed E-state index contributed by atoms with van der Waals surface area (Å²) in [6.45, 7) is 0.609. The lowest BCUT2D eigenvalue weighted by Crippen LogP contribution is -2.29. The van der Waals surface area contributed by atoms with Crippen LogP contribution < -0.4 is 0 Å². The van der Waals surface area contributed by atoms with Crippen molar-refractivity contribution in [2.75, 3.05) is 20.6 Å². The zero-order valence-corrected chi connectivity index (χ0v) is 10.6. The Morgan fingerprint density at radius 2 is 1.94 bits per heavy atom. The van der Waals surface area contributed by atoms with Gasteiger partial charge in [-0.1, -0.05) is 18.2 Å². The molecule has 4 nitrogen and oxygen atoms in total. The van der Waals surface area contributed by atoms with E-state index >= 15 is 0 Å². The molecule has 0 bridgehead atoms. The molecule has 17 heavy (non-hydrogen) atoms. The lowest BCUT2D eigenvalue weighted by molar-refractivity contribution is -0.115. The van der Waals surface area contributed by atoms with Crippen molar-refractivity contribution in [3.8, 4) is 0 Å². The molecule has 0 N–H and O–H groups in total. The van der Waals surface area contributed by atoms with Gasteiger partial charge in [0.15, 0.2) is 0 Å². The maximum Gasteiger partial charge on any atom is 0.268 e. The summed E-state index contributed by atoms with van der Waals surface area (Å²) >= 11 is 5.68. The summed E-state index contributed by atoms with van der Waals surface area (Å²) in [6, 6.07) is 7.58. The van der Waals surface area contributed by atoms with Crippen LogP contribution in [0.25, 0.3) is 0 Å². The summed E-state index contributed by atoms with van der Waals surface area (Å²) in [7, 11) is 3.38. The summed E-state index contributed by atoms with van der Waals surface area (Å²) in [4.78, 5) is 22.3. The second kappa shape index (κ2) is 6.25. The number of nitrogens with zero attached hydrogens (tertiary/aromatic N) is 2. The van der Waals surface area contributed by atoms with Gasteiger partial charge in [-0.3, -0.25) is 14.0 Å². The lowest BCUT2D eigenvalue weighted by Gasteiger charge is -2.21. The van der Waals surface area contributed by atoms with Gasteiger partial charge in [-0.05, 0) is 18.1 Å². The maximum absolute atomic E-state index is 11.4. The quantitative estimate of drug-likeness (QED) is 0.564. The standard InChI is InChI=1S/C9H8ClNO.C3H7NO/c10-11-6-5-7-3-1-2-4-8(7)9(11)12;1-4(2)3-5/h1-4H,5-6H2;3H,1-2H3. The molecular weight excluding hydrogens is 240 g/mol. The Morgan fingerprint density at radius 3 is 2.53 bits per heavy atom. The number of hydrogen-bond donors (Lipinski definition) is 0. The monoisotopic (exact) mass is 254 g/mol. The van der Waals surface area contributed by atoms with E-state index in [0.717, 1.165) is 24.0 Å². The van der Waals surface area contributed by atoms with Crippen molar-refractivity contribution in [3.05, 3.63) is 35.4 Å². The summed E-state index contributed by atoms with van der Waals surface area (Å²) in [5, 5.41) is 0. The van der Waals surface area contributed by atoms with Crippen LogP contribution in [0.15, 0.2) is 24.3 Å². The highest BCUT2D eigenvalue weighted by Gasteiger charge is 2.21. The number of halogens is 1. The number of carbonyl (C=O) groups excluding carboxylic acids is 2. The third-order valence-corrected chi connectivity index (χ3v) is 2.58. The van der Waals surface area contributed by atoms with Gasteiger partial charge in [0.05, 0.1) is 0 Å². The average Bonchev–Trinajstić information content (AvgIpc) is 2.35. The second-order valence-corrected chi connectivity index (χ2v) is 4.28. The summed E-state index contributed by atoms with van der Waals surface area (Å²) < 4.78 is 1.24. The molecule has 0 atom stereocenters. The molecule has 1 aromatic rings. The van der Waals surface area contributed by atoms with E-state index in [0.29, 0.717) is 6.54 Å². The number of amides is 2. The number of rotatable bonds is 1. The van der Waals surface area contributed by atoms with Crippen molar-refractivity contribution in [2.45, 2.75) is 6.42 Å². The minimum Gasteiger partial charge on any atom is -0.351 e. The van der Waals surface area contributed by atoms with Gasteiger partial charge >= 0.3 is 0 Å². The van der Waals surface area contributed by atoms with Gasteiger partial charge in [0.25, 0.3) is 5.91 Å². The summed E-state index contributed by atoms with van der Waals surface area (Å²) in [5.74, 6) is -0.0847. The Balaban J connectivity index is 0.000000249. The molecule has 92 valence electrons. The van der Waals surface area contributed by atoms with Crippen LogP contribution in [0.2, 0.25) is 0 Å². The number of fused-ring (bicyclic) bond motifs is 1. The molecule has 1 aliphatic heterocycles. The number of hydrogen-bond acceptors (Lipinski definition) is 2. The van der Waals surface area contributed by atoms with Crippen LogP contribution in [0.1, 0.15) is 15.9 Å². The van der Waals surface area contributed by atoms with E-state index < -0.39 is 0 Å². The fraction of sp³-hybridized carbons (Fsp3) is 0.333. The Labute approximate surface area is 106 Å². The molecule has 0 saturated heterocycles. The van der Waals surface area contributed by atoms with Gasteiger partial charge in [0.2, 0.25) is 6.41 Å². The molecule has 5 heteroatoms. The molecule has 0 fully saturated rings.